The van der Waals surface area contributed by atoms with Gasteiger partial charge < -0.3 is 15.2 Å². The summed E-state index contributed by atoms with van der Waals surface area (Å²) in [5.74, 6) is 0.399. The largest absolute Gasteiger partial charge is 0.387 e. The molecular weight excluding hydrogens is 194 g/mol. The van der Waals surface area contributed by atoms with Crippen LogP contribution in [-0.4, -0.2) is 45.7 Å². The minimum absolute atomic E-state index is 0.173. The normalized spacial score (nSPS) is 12.4. The summed E-state index contributed by atoms with van der Waals surface area (Å²) in [6, 6.07) is 0. The molecule has 0 aromatic heterocycles. The van der Waals surface area contributed by atoms with Crippen LogP contribution in [0.4, 0.5) is 8.78 Å². The zero-order chi connectivity index (χ0) is 10.8. The summed E-state index contributed by atoms with van der Waals surface area (Å²) in [6.07, 6.45) is -2.06. The fraction of sp³-hybridized carbons (Fsp3) is 0.875. The number of rotatable bonds is 8. The number of hydrogen-bond acceptors (Lipinski definition) is 3. The number of hydrogen-bond donors (Lipinski definition) is 1. The second kappa shape index (κ2) is 8.83. The first-order chi connectivity index (χ1) is 6.66. The maximum atomic E-state index is 11.6. The standard InChI is InChI=1S/C8H16F2N2O2/c1-13-5-3-12-8(11)2-4-14-6-7(9)10/h7H,2-6H2,1H3,(H2,11,12). The van der Waals surface area contributed by atoms with Crippen LogP contribution in [0.3, 0.4) is 0 Å². The molecule has 0 fully saturated rings. The Morgan fingerprint density at radius 2 is 2.14 bits per heavy atom. The van der Waals surface area contributed by atoms with E-state index in [0.717, 1.165) is 0 Å². The van der Waals surface area contributed by atoms with Crippen LogP contribution in [0.25, 0.3) is 0 Å². The van der Waals surface area contributed by atoms with Crippen molar-refractivity contribution in [2.45, 2.75) is 12.8 Å². The molecule has 0 saturated heterocycles. The smallest absolute Gasteiger partial charge is 0.261 e. The third-order valence-electron chi connectivity index (χ3n) is 1.36. The van der Waals surface area contributed by atoms with E-state index >= 15 is 0 Å². The Morgan fingerprint density at radius 3 is 2.71 bits per heavy atom. The molecule has 0 amide bonds. The SMILES string of the molecule is COCCN=C(N)CCOCC(F)F. The highest BCUT2D eigenvalue weighted by Crippen LogP contribution is 1.93. The Balaban J connectivity index is 3.34. The van der Waals surface area contributed by atoms with E-state index in [0.29, 0.717) is 25.4 Å². The lowest BCUT2D eigenvalue weighted by Crippen LogP contribution is -2.17. The van der Waals surface area contributed by atoms with Crippen molar-refractivity contribution in [1.82, 2.24) is 0 Å². The highest BCUT2D eigenvalue weighted by atomic mass is 19.3. The number of nitrogens with two attached hydrogens (primary N) is 1. The van der Waals surface area contributed by atoms with Gasteiger partial charge in [0.25, 0.3) is 6.43 Å². The Kier molecular flexibility index (Phi) is 8.36. The van der Waals surface area contributed by atoms with Crippen LogP contribution in [0.15, 0.2) is 4.99 Å². The summed E-state index contributed by atoms with van der Waals surface area (Å²) in [5.41, 5.74) is 5.46. The van der Waals surface area contributed by atoms with Crippen LogP contribution < -0.4 is 5.73 Å². The molecule has 0 aliphatic carbocycles. The number of aliphatic imine (C=N–C) groups is 1. The van der Waals surface area contributed by atoms with Crippen molar-refractivity contribution < 1.29 is 18.3 Å². The summed E-state index contributed by atoms with van der Waals surface area (Å²) in [5, 5.41) is 0. The van der Waals surface area contributed by atoms with Gasteiger partial charge in [-0.25, -0.2) is 8.78 Å². The summed E-state index contributed by atoms with van der Waals surface area (Å²) < 4.78 is 32.6. The van der Waals surface area contributed by atoms with E-state index in [-0.39, 0.29) is 6.61 Å². The molecule has 0 spiro atoms. The zero-order valence-corrected chi connectivity index (χ0v) is 8.21. The summed E-state index contributed by atoms with van der Waals surface area (Å²) >= 11 is 0. The molecule has 4 nitrogen and oxygen atoms in total. The van der Waals surface area contributed by atoms with Crippen LogP contribution in [0.1, 0.15) is 6.42 Å². The van der Waals surface area contributed by atoms with E-state index in [1.54, 1.807) is 7.11 Å². The van der Waals surface area contributed by atoms with Crippen molar-refractivity contribution in [3.05, 3.63) is 0 Å². The number of nitrogens with zero attached hydrogens (tertiary/aromatic N) is 1. The summed E-state index contributed by atoms with van der Waals surface area (Å²) in [4.78, 5) is 3.93. The maximum absolute atomic E-state index is 11.6. The molecule has 0 radical (unpaired) electrons. The first kappa shape index (κ1) is 13.2. The minimum Gasteiger partial charge on any atom is -0.387 e. The molecule has 0 unspecified atom stereocenters. The van der Waals surface area contributed by atoms with Crippen molar-refractivity contribution >= 4 is 5.84 Å². The lowest BCUT2D eigenvalue weighted by atomic mass is 10.4. The van der Waals surface area contributed by atoms with Gasteiger partial charge in [-0.2, -0.15) is 0 Å². The molecule has 0 bridgehead atoms. The second-order valence-electron chi connectivity index (χ2n) is 2.58. The van der Waals surface area contributed by atoms with Gasteiger partial charge >= 0.3 is 0 Å². The summed E-state index contributed by atoms with van der Waals surface area (Å²) in [6.45, 7) is 0.605. The molecule has 84 valence electrons. The molecule has 14 heavy (non-hydrogen) atoms. The van der Waals surface area contributed by atoms with Crippen LogP contribution in [0.2, 0.25) is 0 Å². The van der Waals surface area contributed by atoms with E-state index in [4.69, 9.17) is 10.5 Å². The number of amidine groups is 1. The first-order valence-corrected chi connectivity index (χ1v) is 4.30. The predicted octanol–water partition coefficient (Wildman–Crippen LogP) is 0.662. The first-order valence-electron chi connectivity index (χ1n) is 4.30. The van der Waals surface area contributed by atoms with Crippen molar-refractivity contribution in [2.24, 2.45) is 10.7 Å². The van der Waals surface area contributed by atoms with Crippen LogP contribution in [0.5, 0.6) is 0 Å². The van der Waals surface area contributed by atoms with Crippen molar-refractivity contribution in [3.63, 3.8) is 0 Å². The van der Waals surface area contributed by atoms with Gasteiger partial charge in [-0.15, -0.1) is 0 Å². The van der Waals surface area contributed by atoms with Gasteiger partial charge in [0, 0.05) is 13.5 Å². The molecule has 6 heteroatoms. The molecule has 2 N–H and O–H groups in total. The lowest BCUT2D eigenvalue weighted by molar-refractivity contribution is 0.0201. The fourth-order valence-electron chi connectivity index (χ4n) is 0.709. The van der Waals surface area contributed by atoms with E-state index in [1.807, 2.05) is 0 Å². The van der Waals surface area contributed by atoms with E-state index in [9.17, 15) is 8.78 Å². The highest BCUT2D eigenvalue weighted by molar-refractivity contribution is 5.80. The van der Waals surface area contributed by atoms with Crippen molar-refractivity contribution in [3.8, 4) is 0 Å². The topological polar surface area (TPSA) is 56.8 Å². The van der Waals surface area contributed by atoms with E-state index in [1.165, 1.54) is 0 Å². The Bertz CT molecular complexity index is 165. The molecule has 0 aromatic rings. The fourth-order valence-corrected chi connectivity index (χ4v) is 0.709. The van der Waals surface area contributed by atoms with Gasteiger partial charge in [-0.3, -0.25) is 4.99 Å². The van der Waals surface area contributed by atoms with Gasteiger partial charge in [-0.1, -0.05) is 0 Å². The summed E-state index contributed by atoms with van der Waals surface area (Å²) in [7, 11) is 1.57. The monoisotopic (exact) mass is 210 g/mol. The average Bonchev–Trinajstić information content (AvgIpc) is 2.13. The number of halogens is 2. The lowest BCUT2D eigenvalue weighted by Gasteiger charge is -2.03. The van der Waals surface area contributed by atoms with Gasteiger partial charge in [0.15, 0.2) is 0 Å². The quantitative estimate of drug-likeness (QED) is 0.364. The predicted molar refractivity (Wildman–Crippen MR) is 49.8 cm³/mol. The molecule has 0 aliphatic heterocycles. The highest BCUT2D eigenvalue weighted by Gasteiger charge is 2.01. The third-order valence-corrected chi connectivity index (χ3v) is 1.36. The molecule has 0 saturated carbocycles. The second-order valence-corrected chi connectivity index (χ2v) is 2.58. The zero-order valence-electron chi connectivity index (χ0n) is 8.21. The van der Waals surface area contributed by atoms with Crippen LogP contribution in [0, 0.1) is 0 Å². The molecule has 0 aromatic carbocycles. The third kappa shape index (κ3) is 9.34. The molecule has 0 atom stereocenters. The number of alkyl halides is 2. The molecule has 0 aliphatic rings. The van der Waals surface area contributed by atoms with Crippen LogP contribution >= 0.6 is 0 Å². The number of methoxy groups -OCH3 is 1. The van der Waals surface area contributed by atoms with Gasteiger partial charge in [0.2, 0.25) is 0 Å². The number of ether oxygens (including phenoxy) is 2. The molecule has 0 rings (SSSR count). The maximum Gasteiger partial charge on any atom is 0.261 e. The molecular formula is C8H16F2N2O2. The van der Waals surface area contributed by atoms with E-state index < -0.39 is 13.0 Å². The van der Waals surface area contributed by atoms with Crippen LogP contribution in [-0.2, 0) is 9.47 Å². The van der Waals surface area contributed by atoms with Gasteiger partial charge in [-0.05, 0) is 0 Å². The van der Waals surface area contributed by atoms with Crippen molar-refractivity contribution in [2.75, 3.05) is 33.5 Å². The average molecular weight is 210 g/mol. The minimum atomic E-state index is -2.43. The Hall–Kier alpha value is -0.750. The van der Waals surface area contributed by atoms with Gasteiger partial charge in [0.1, 0.15) is 6.61 Å². The van der Waals surface area contributed by atoms with Gasteiger partial charge in [0.05, 0.1) is 25.6 Å². The van der Waals surface area contributed by atoms with E-state index in [2.05, 4.69) is 9.73 Å². The molecule has 0 heterocycles. The van der Waals surface area contributed by atoms with Crippen molar-refractivity contribution in [1.29, 1.82) is 0 Å². The Morgan fingerprint density at radius 1 is 1.43 bits per heavy atom. The Labute approximate surface area is 82.1 Å².